The number of aryl methyl sites for hydroxylation is 4. The summed E-state index contributed by atoms with van der Waals surface area (Å²) in [6, 6.07) is 63.7. The zero-order chi connectivity index (χ0) is 44.5. The van der Waals surface area contributed by atoms with E-state index in [1.54, 1.807) is 0 Å². The predicted molar refractivity (Wildman–Crippen MR) is 290 cm³/mol. The van der Waals surface area contributed by atoms with E-state index in [0.29, 0.717) is 0 Å². The lowest BCUT2D eigenvalue weighted by Gasteiger charge is -2.43. The molecule has 66 heavy (non-hydrogen) atoms. The standard InChI is InChI=1S/C62H55BN2S/c1-5-15-40-27-32-44(33-28-40)64-56-25-14-26-57-60(56)63(62-61(64)52-38-42(17-7-3)31-36-58(52)66-62)53-39-43(18-8-4)30-35-55(53)65(57)54-34-29-41(16-6-2)37-51(54)50-24-13-23-49-47-20-10-9-19-45(47)46-21-11-12-22-48(46)59(49)50/h9-14,19-39H,5-8,15-18H2,1-4H3. The molecule has 0 spiro atoms. The van der Waals surface area contributed by atoms with E-state index in [2.05, 4.69) is 201 Å². The molecule has 0 radical (unpaired) electrons. The third-order valence-electron chi connectivity index (χ3n) is 14.4. The lowest BCUT2D eigenvalue weighted by molar-refractivity contribution is 0.921. The van der Waals surface area contributed by atoms with E-state index >= 15 is 0 Å². The van der Waals surface area contributed by atoms with E-state index in [4.69, 9.17) is 0 Å². The molecular weight excluding hydrogens is 816 g/mol. The van der Waals surface area contributed by atoms with Gasteiger partial charge in [0.2, 0.25) is 0 Å². The molecule has 0 N–H and O–H groups in total. The van der Waals surface area contributed by atoms with Crippen LogP contribution >= 0.6 is 11.3 Å². The van der Waals surface area contributed by atoms with Gasteiger partial charge in [-0.1, -0.05) is 163 Å². The van der Waals surface area contributed by atoms with Crippen molar-refractivity contribution in [3.8, 4) is 11.1 Å². The van der Waals surface area contributed by atoms with E-state index < -0.39 is 0 Å². The van der Waals surface area contributed by atoms with Crippen molar-refractivity contribution in [1.82, 2.24) is 0 Å². The van der Waals surface area contributed by atoms with E-state index in [0.717, 1.165) is 51.4 Å². The molecule has 0 aliphatic carbocycles. The minimum atomic E-state index is 0.0903. The molecule has 0 fully saturated rings. The first kappa shape index (κ1) is 40.9. The summed E-state index contributed by atoms with van der Waals surface area (Å²) >= 11 is 2.01. The van der Waals surface area contributed by atoms with Crippen LogP contribution in [0.15, 0.2) is 164 Å². The summed E-state index contributed by atoms with van der Waals surface area (Å²) in [4.78, 5) is 5.27. The van der Waals surface area contributed by atoms with Gasteiger partial charge in [0.05, 0.1) is 11.4 Å². The van der Waals surface area contributed by atoms with E-state index in [1.165, 1.54) is 126 Å². The Morgan fingerprint density at radius 3 is 1.62 bits per heavy atom. The first-order valence-electron chi connectivity index (χ1n) is 24.5. The Morgan fingerprint density at radius 2 is 0.939 bits per heavy atom. The first-order valence-corrected chi connectivity index (χ1v) is 25.4. The Bertz CT molecular complexity index is 3460. The third-order valence-corrected chi connectivity index (χ3v) is 15.6. The molecule has 10 aromatic rings. The summed E-state index contributed by atoms with van der Waals surface area (Å²) in [7, 11) is 0. The van der Waals surface area contributed by atoms with Crippen molar-refractivity contribution < 1.29 is 0 Å². The van der Waals surface area contributed by atoms with Crippen LogP contribution in [0.2, 0.25) is 0 Å². The number of nitrogens with zero attached hydrogens (tertiary/aromatic N) is 2. The first-order chi connectivity index (χ1) is 32.6. The second kappa shape index (κ2) is 16.7. The van der Waals surface area contributed by atoms with Gasteiger partial charge in [-0.3, -0.25) is 0 Å². The van der Waals surface area contributed by atoms with Gasteiger partial charge in [-0.05, 0) is 151 Å². The van der Waals surface area contributed by atoms with Gasteiger partial charge in [-0.2, -0.15) is 0 Å². The molecule has 4 heteroatoms. The van der Waals surface area contributed by atoms with E-state index in [1.807, 2.05) is 11.3 Å². The minimum absolute atomic E-state index is 0.0903. The summed E-state index contributed by atoms with van der Waals surface area (Å²) in [5, 5.41) is 9.19. The summed E-state index contributed by atoms with van der Waals surface area (Å²) in [5.74, 6) is 0. The molecule has 0 bridgehead atoms. The number of rotatable bonds is 11. The molecule has 0 unspecified atom stereocenters. The van der Waals surface area contributed by atoms with Crippen molar-refractivity contribution in [2.45, 2.75) is 79.1 Å². The number of benzene rings is 9. The normalized spacial score (nSPS) is 12.9. The highest BCUT2D eigenvalue weighted by Crippen LogP contribution is 2.51. The number of thiophene rings is 1. The van der Waals surface area contributed by atoms with Crippen molar-refractivity contribution in [3.05, 3.63) is 186 Å². The molecule has 0 amide bonds. The summed E-state index contributed by atoms with van der Waals surface area (Å²) < 4.78 is 2.80. The van der Waals surface area contributed by atoms with Crippen LogP contribution in [0.5, 0.6) is 0 Å². The molecule has 9 aromatic carbocycles. The van der Waals surface area contributed by atoms with Gasteiger partial charge < -0.3 is 9.80 Å². The fraction of sp³-hybridized carbons (Fsp3) is 0.194. The van der Waals surface area contributed by atoms with Crippen LogP contribution in [0, 0.1) is 0 Å². The van der Waals surface area contributed by atoms with Crippen molar-refractivity contribution in [2.75, 3.05) is 9.80 Å². The molecule has 0 saturated carbocycles. The van der Waals surface area contributed by atoms with Crippen LogP contribution in [0.4, 0.5) is 34.1 Å². The van der Waals surface area contributed by atoms with Gasteiger partial charge in [0, 0.05) is 43.2 Å². The smallest absolute Gasteiger partial charge is 0.264 e. The number of anilines is 6. The van der Waals surface area contributed by atoms with Crippen LogP contribution in [-0.2, 0) is 25.7 Å². The van der Waals surface area contributed by atoms with Crippen LogP contribution in [0.25, 0.3) is 53.5 Å². The number of fused-ring (bicyclic) bond motifs is 12. The third kappa shape index (κ3) is 6.43. The molecule has 0 saturated heterocycles. The van der Waals surface area contributed by atoms with E-state index in [-0.39, 0.29) is 6.71 Å². The van der Waals surface area contributed by atoms with Gasteiger partial charge in [-0.15, -0.1) is 11.3 Å². The van der Waals surface area contributed by atoms with Gasteiger partial charge in [0.15, 0.2) is 0 Å². The molecule has 1 aromatic heterocycles. The van der Waals surface area contributed by atoms with Crippen LogP contribution in [-0.4, -0.2) is 6.71 Å². The number of hydrogen-bond acceptors (Lipinski definition) is 3. The van der Waals surface area contributed by atoms with Gasteiger partial charge in [0.25, 0.3) is 6.71 Å². The monoisotopic (exact) mass is 870 g/mol. The highest BCUT2D eigenvalue weighted by molar-refractivity contribution is 7.33. The van der Waals surface area contributed by atoms with Crippen LogP contribution in [0.3, 0.4) is 0 Å². The fourth-order valence-corrected chi connectivity index (χ4v) is 13.0. The van der Waals surface area contributed by atoms with Crippen molar-refractivity contribution >= 4 is 110 Å². The fourth-order valence-electron chi connectivity index (χ4n) is 11.7. The molecule has 2 aliphatic rings. The molecule has 2 nitrogen and oxygen atoms in total. The Kier molecular flexibility index (Phi) is 10.3. The van der Waals surface area contributed by atoms with Crippen molar-refractivity contribution in [1.29, 1.82) is 0 Å². The lowest BCUT2D eigenvalue weighted by atomic mass is 9.36. The molecule has 3 heterocycles. The van der Waals surface area contributed by atoms with Gasteiger partial charge in [0.1, 0.15) is 0 Å². The van der Waals surface area contributed by atoms with Crippen LogP contribution in [0.1, 0.15) is 75.6 Å². The Balaban J connectivity index is 1.17. The molecule has 0 atom stereocenters. The van der Waals surface area contributed by atoms with Crippen molar-refractivity contribution in [3.63, 3.8) is 0 Å². The Morgan fingerprint density at radius 1 is 0.409 bits per heavy atom. The largest absolute Gasteiger partial charge is 0.311 e. The Labute approximate surface area is 394 Å². The Hall–Kier alpha value is -6.62. The average Bonchev–Trinajstić information content (AvgIpc) is 3.73. The maximum absolute atomic E-state index is 2.65. The van der Waals surface area contributed by atoms with Crippen LogP contribution < -0.4 is 25.5 Å². The van der Waals surface area contributed by atoms with Crippen molar-refractivity contribution in [2.24, 2.45) is 0 Å². The molecule has 2 aliphatic heterocycles. The van der Waals surface area contributed by atoms with E-state index in [9.17, 15) is 0 Å². The molecule has 12 rings (SSSR count). The SMILES string of the molecule is CCCc1ccc(N2c3cccc4c3B(c3cc(CCC)ccc3N4c3ccc(CCC)cc3-c3cccc4c5ccccc5c5ccccc5c34)c3sc4ccc(CCC)cc4c32)cc1. The summed E-state index contributed by atoms with van der Waals surface area (Å²) in [5.41, 5.74) is 18.5. The molecule has 322 valence electrons. The highest BCUT2D eigenvalue weighted by atomic mass is 32.1. The predicted octanol–water partition coefficient (Wildman–Crippen LogP) is 15.9. The van der Waals surface area contributed by atoms with Gasteiger partial charge in [-0.25, -0.2) is 0 Å². The highest BCUT2D eigenvalue weighted by Gasteiger charge is 2.45. The number of hydrogen-bond donors (Lipinski definition) is 0. The second-order valence-corrected chi connectivity index (χ2v) is 19.8. The maximum Gasteiger partial charge on any atom is 0.264 e. The van der Waals surface area contributed by atoms with Gasteiger partial charge >= 0.3 is 0 Å². The zero-order valence-corrected chi connectivity index (χ0v) is 39.4. The lowest BCUT2D eigenvalue weighted by Crippen LogP contribution is -2.60. The second-order valence-electron chi connectivity index (χ2n) is 18.7. The maximum atomic E-state index is 2.65. The minimum Gasteiger partial charge on any atom is -0.311 e. The average molecular weight is 871 g/mol. The topological polar surface area (TPSA) is 6.48 Å². The zero-order valence-electron chi connectivity index (χ0n) is 38.6. The summed E-state index contributed by atoms with van der Waals surface area (Å²) in [6.45, 7) is 9.26. The quantitative estimate of drug-likeness (QED) is 0.0944. The summed E-state index contributed by atoms with van der Waals surface area (Å²) in [6.07, 6.45) is 8.72. The molecular formula is C62H55BN2S.